The van der Waals surface area contributed by atoms with Crippen molar-refractivity contribution in [3.8, 4) is 0 Å². The first-order chi connectivity index (χ1) is 9.44. The van der Waals surface area contributed by atoms with E-state index in [1.165, 1.54) is 17.4 Å². The van der Waals surface area contributed by atoms with Crippen LogP contribution in [-0.2, 0) is 16.6 Å². The van der Waals surface area contributed by atoms with E-state index < -0.39 is 16.1 Å². The second-order valence-electron chi connectivity index (χ2n) is 4.14. The maximum atomic E-state index is 12.3. The third-order valence-electron chi connectivity index (χ3n) is 2.62. The molecular formula is C12H13BrN2O3S2. The van der Waals surface area contributed by atoms with Crippen molar-refractivity contribution in [1.82, 2.24) is 9.71 Å². The molecule has 0 radical (unpaired) electrons. The third-order valence-corrected chi connectivity index (χ3v) is 6.10. The van der Waals surface area contributed by atoms with Crippen LogP contribution in [0.5, 0.6) is 0 Å². The number of aliphatic hydroxyl groups is 1. The lowest BCUT2D eigenvalue weighted by molar-refractivity contribution is 0.281. The summed E-state index contributed by atoms with van der Waals surface area (Å²) in [6, 6.07) is 4.23. The van der Waals surface area contributed by atoms with Crippen molar-refractivity contribution < 1.29 is 13.5 Å². The number of nitrogens with one attached hydrogen (secondary N) is 1. The van der Waals surface area contributed by atoms with E-state index >= 15 is 0 Å². The van der Waals surface area contributed by atoms with E-state index in [9.17, 15) is 8.42 Å². The van der Waals surface area contributed by atoms with E-state index in [-0.39, 0.29) is 11.5 Å². The summed E-state index contributed by atoms with van der Waals surface area (Å²) in [6.45, 7) is 1.61. The van der Waals surface area contributed by atoms with E-state index in [1.807, 2.05) is 0 Å². The Morgan fingerprint density at radius 3 is 2.80 bits per heavy atom. The molecule has 1 aromatic carbocycles. The first kappa shape index (κ1) is 15.6. The first-order valence-corrected chi connectivity index (χ1v) is 8.90. The van der Waals surface area contributed by atoms with E-state index in [0.29, 0.717) is 15.0 Å². The van der Waals surface area contributed by atoms with E-state index in [2.05, 4.69) is 25.6 Å². The molecule has 1 atom stereocenters. The molecule has 0 fully saturated rings. The number of aromatic nitrogens is 1. The highest BCUT2D eigenvalue weighted by Crippen LogP contribution is 2.25. The zero-order chi connectivity index (χ0) is 14.8. The van der Waals surface area contributed by atoms with Crippen LogP contribution in [0.15, 0.2) is 39.1 Å². The molecule has 0 saturated heterocycles. The lowest BCUT2D eigenvalue weighted by atomic mass is 10.2. The number of benzene rings is 1. The average Bonchev–Trinajstić information content (AvgIpc) is 2.91. The van der Waals surface area contributed by atoms with Gasteiger partial charge in [-0.05, 0) is 40.5 Å². The molecule has 108 valence electrons. The molecule has 2 rings (SSSR count). The van der Waals surface area contributed by atoms with Crippen molar-refractivity contribution in [2.45, 2.75) is 24.5 Å². The van der Waals surface area contributed by atoms with Crippen LogP contribution in [0.4, 0.5) is 0 Å². The summed E-state index contributed by atoms with van der Waals surface area (Å²) < 4.78 is 27.7. The minimum atomic E-state index is -3.65. The van der Waals surface area contributed by atoms with Crippen LogP contribution in [0.3, 0.4) is 0 Å². The van der Waals surface area contributed by atoms with Crippen molar-refractivity contribution in [2.24, 2.45) is 0 Å². The summed E-state index contributed by atoms with van der Waals surface area (Å²) in [5.41, 5.74) is 0.642. The summed E-state index contributed by atoms with van der Waals surface area (Å²) in [4.78, 5) is 4.23. The Hall–Kier alpha value is -0.800. The molecule has 2 aromatic rings. The van der Waals surface area contributed by atoms with Crippen LogP contribution >= 0.6 is 27.3 Å². The Labute approximate surface area is 129 Å². The van der Waals surface area contributed by atoms with Crippen LogP contribution in [0.25, 0.3) is 0 Å². The van der Waals surface area contributed by atoms with Gasteiger partial charge >= 0.3 is 0 Å². The fourth-order valence-corrected chi connectivity index (χ4v) is 4.71. The van der Waals surface area contributed by atoms with Crippen molar-refractivity contribution in [3.63, 3.8) is 0 Å². The van der Waals surface area contributed by atoms with E-state index in [1.54, 1.807) is 30.6 Å². The molecule has 2 N–H and O–H groups in total. The van der Waals surface area contributed by atoms with Crippen LogP contribution < -0.4 is 4.72 Å². The molecule has 0 aliphatic carbocycles. The van der Waals surface area contributed by atoms with E-state index in [0.717, 1.165) is 0 Å². The number of halogens is 1. The fourth-order valence-electron chi connectivity index (χ4n) is 1.66. The zero-order valence-corrected chi connectivity index (χ0v) is 13.8. The lowest BCUT2D eigenvalue weighted by Crippen LogP contribution is -2.27. The zero-order valence-electron chi connectivity index (χ0n) is 10.6. The molecule has 1 heterocycles. The highest BCUT2D eigenvalue weighted by Gasteiger charge is 2.22. The Kier molecular flexibility index (Phi) is 4.92. The number of thiazole rings is 1. The van der Waals surface area contributed by atoms with E-state index in [4.69, 9.17) is 5.11 Å². The normalized spacial score (nSPS) is 13.3. The van der Waals surface area contributed by atoms with Crippen molar-refractivity contribution in [3.05, 3.63) is 44.8 Å². The highest BCUT2D eigenvalue weighted by molar-refractivity contribution is 9.10. The first-order valence-electron chi connectivity index (χ1n) is 5.75. The van der Waals surface area contributed by atoms with Gasteiger partial charge in [-0.2, -0.15) is 0 Å². The van der Waals surface area contributed by atoms with Gasteiger partial charge in [0.25, 0.3) is 0 Å². The largest absolute Gasteiger partial charge is 0.392 e. The van der Waals surface area contributed by atoms with Crippen LogP contribution in [0.2, 0.25) is 0 Å². The third kappa shape index (κ3) is 3.44. The number of hydrogen-bond donors (Lipinski definition) is 2. The van der Waals surface area contributed by atoms with Gasteiger partial charge in [0.15, 0.2) is 0 Å². The topological polar surface area (TPSA) is 79.3 Å². The molecule has 1 aromatic heterocycles. The van der Waals surface area contributed by atoms with Crippen LogP contribution in [0.1, 0.15) is 23.5 Å². The molecule has 1 unspecified atom stereocenters. The summed E-state index contributed by atoms with van der Waals surface area (Å²) in [7, 11) is -3.65. The molecule has 0 bridgehead atoms. The standard InChI is InChI=1S/C12H13BrN2O3S2/c1-8(12-14-4-5-19-12)15-20(17,18)11-3-2-9(7-16)6-10(11)13/h2-6,8,15-16H,7H2,1H3. The number of nitrogens with zero attached hydrogens (tertiary/aromatic N) is 1. The lowest BCUT2D eigenvalue weighted by Gasteiger charge is -2.13. The number of sulfonamides is 1. The Balaban J connectivity index is 2.27. The molecule has 0 saturated carbocycles. The summed E-state index contributed by atoms with van der Waals surface area (Å²) in [5, 5.41) is 11.5. The summed E-state index contributed by atoms with van der Waals surface area (Å²) >= 11 is 4.61. The predicted molar refractivity (Wildman–Crippen MR) is 80.9 cm³/mol. The predicted octanol–water partition coefficient (Wildman–Crippen LogP) is 2.44. The number of rotatable bonds is 5. The molecule has 8 heteroatoms. The second kappa shape index (κ2) is 6.31. The maximum absolute atomic E-state index is 12.3. The van der Waals surface area contributed by atoms with Crippen LogP contribution in [-0.4, -0.2) is 18.5 Å². The molecule has 0 amide bonds. The Morgan fingerprint density at radius 1 is 1.50 bits per heavy atom. The Bertz CT molecular complexity index is 687. The molecular weight excluding hydrogens is 364 g/mol. The highest BCUT2D eigenvalue weighted by atomic mass is 79.9. The van der Waals surface area contributed by atoms with Gasteiger partial charge in [0.1, 0.15) is 5.01 Å². The SMILES string of the molecule is CC(NS(=O)(=O)c1ccc(CO)cc1Br)c1nccs1. The van der Waals surface area contributed by atoms with Crippen LogP contribution in [0, 0.1) is 0 Å². The van der Waals surface area contributed by atoms with Crippen molar-refractivity contribution in [1.29, 1.82) is 0 Å². The fraction of sp³-hybridized carbons (Fsp3) is 0.250. The Morgan fingerprint density at radius 2 is 2.25 bits per heavy atom. The minimum absolute atomic E-state index is 0.137. The number of hydrogen-bond acceptors (Lipinski definition) is 5. The van der Waals surface area contributed by atoms with Gasteiger partial charge in [-0.3, -0.25) is 0 Å². The van der Waals surface area contributed by atoms with Gasteiger partial charge in [-0.1, -0.05) is 6.07 Å². The average molecular weight is 377 g/mol. The molecule has 20 heavy (non-hydrogen) atoms. The van der Waals surface area contributed by atoms with Gasteiger partial charge < -0.3 is 5.11 Å². The minimum Gasteiger partial charge on any atom is -0.392 e. The van der Waals surface area contributed by atoms with Gasteiger partial charge in [-0.25, -0.2) is 18.1 Å². The van der Waals surface area contributed by atoms with Gasteiger partial charge in [0, 0.05) is 16.0 Å². The molecule has 0 aliphatic rings. The summed E-state index contributed by atoms with van der Waals surface area (Å²) in [6.07, 6.45) is 1.64. The van der Waals surface area contributed by atoms with Gasteiger partial charge in [0.05, 0.1) is 17.5 Å². The van der Waals surface area contributed by atoms with Crippen molar-refractivity contribution >= 4 is 37.3 Å². The molecule has 0 spiro atoms. The van der Waals surface area contributed by atoms with Gasteiger partial charge in [-0.15, -0.1) is 11.3 Å². The van der Waals surface area contributed by atoms with Crippen molar-refractivity contribution in [2.75, 3.05) is 0 Å². The number of aliphatic hydroxyl groups excluding tert-OH is 1. The van der Waals surface area contributed by atoms with Gasteiger partial charge in [0.2, 0.25) is 10.0 Å². The molecule has 0 aliphatic heterocycles. The monoisotopic (exact) mass is 376 g/mol. The quantitative estimate of drug-likeness (QED) is 0.839. The summed E-state index contributed by atoms with van der Waals surface area (Å²) in [5.74, 6) is 0. The maximum Gasteiger partial charge on any atom is 0.242 e. The second-order valence-corrected chi connectivity index (χ2v) is 7.60. The smallest absolute Gasteiger partial charge is 0.242 e. The molecule has 5 nitrogen and oxygen atoms in total.